The minimum absolute atomic E-state index is 0.0735. The molecule has 1 saturated heterocycles. The third kappa shape index (κ3) is 24.5. The lowest BCUT2D eigenvalue weighted by Gasteiger charge is -2.40. The van der Waals surface area contributed by atoms with Crippen LogP contribution in [-0.4, -0.2) is 231 Å². The highest BCUT2D eigenvalue weighted by molar-refractivity contribution is 5.99. The van der Waals surface area contributed by atoms with Crippen LogP contribution in [0.25, 0.3) is 0 Å². The van der Waals surface area contributed by atoms with Crippen LogP contribution in [0.2, 0.25) is 0 Å². The number of nitrogens with zero attached hydrogens (tertiary/aromatic N) is 7. The average Bonchev–Trinajstić information content (AvgIpc) is 0.812. The van der Waals surface area contributed by atoms with Crippen molar-refractivity contribution in [2.75, 3.05) is 48.8 Å². The number of aliphatic hydroxyl groups excluding tert-OH is 2. The van der Waals surface area contributed by atoms with E-state index in [1.165, 1.54) is 70.8 Å². The van der Waals surface area contributed by atoms with E-state index in [-0.39, 0.29) is 61.7 Å². The van der Waals surface area contributed by atoms with Crippen molar-refractivity contribution in [3.8, 4) is 0 Å². The zero-order valence-corrected chi connectivity index (χ0v) is 61.1. The Hall–Kier alpha value is -6.76. The first-order valence-electron chi connectivity index (χ1n) is 33.7. The molecule has 0 bridgehead atoms. The van der Waals surface area contributed by atoms with E-state index in [0.717, 1.165) is 26.1 Å². The van der Waals surface area contributed by atoms with Gasteiger partial charge in [-0.2, -0.15) is 0 Å². The van der Waals surface area contributed by atoms with Crippen molar-refractivity contribution < 1.29 is 67.7 Å². The maximum absolute atomic E-state index is 15.3. The number of likely N-dealkylation sites (N-methyl/N-ethyl adjacent to an activating group) is 6. The fourth-order valence-electron chi connectivity index (χ4n) is 11.8. The Morgan fingerprint density at radius 1 is 0.511 bits per heavy atom. The third-order valence-corrected chi connectivity index (χ3v) is 17.4. The van der Waals surface area contributed by atoms with Gasteiger partial charge in [0.05, 0.1) is 18.8 Å². The normalized spacial score (nSPS) is 25.6. The molecule has 2 rings (SSSR count). The number of hydrogen-bond donors (Lipinski definition) is 6. The number of esters is 1. The van der Waals surface area contributed by atoms with Gasteiger partial charge in [-0.25, -0.2) is 4.79 Å². The van der Waals surface area contributed by atoms with Crippen molar-refractivity contribution in [1.82, 2.24) is 55.7 Å². The Bertz CT molecular complexity index is 2720. The summed E-state index contributed by atoms with van der Waals surface area (Å²) >= 11 is 0. The van der Waals surface area contributed by atoms with Gasteiger partial charge in [0, 0.05) is 53.7 Å². The molecule has 25 nitrogen and oxygen atoms in total. The standard InChI is InChI=1S/C69H119N11O14/c1-37(2)31-49-64(88)77(21)52(34-40(7)8)60(84)71-46(17)69(93)94-59(43(13)14)68(92)78(22)53(35-41(9)10)62(86)73-50(32-38(3)4)65(89)79(23)56(42(11)12)67(91)80(24)57(58(83)44(15)27-25-29-48-30-26-28-45(16)70-48)63(87)74-55(47(18)81)66(90)75(19)36-54(82)76(20)51(33-39(5)6)61(85)72-49/h26,28,30,37-44,46-47,49-53,55-59,81,83H,25,27,29,31-36H2,1-24H3,(H,71,84)(H,72,85)(H,73,86)(H,74,87)/t44-,46+,47-,49+,50-,51+,52+,53+,55+,56+,57+,58-,59-/m1/s1. The highest BCUT2D eigenvalue weighted by Crippen LogP contribution is 2.26. The van der Waals surface area contributed by atoms with Crippen LogP contribution in [0.4, 0.5) is 0 Å². The number of pyridine rings is 1. The number of ether oxygens (including phenoxy) is 1. The lowest BCUT2D eigenvalue weighted by atomic mass is 9.90. The van der Waals surface area contributed by atoms with Crippen LogP contribution in [0, 0.1) is 54.3 Å². The molecule has 1 aromatic rings. The second-order valence-corrected chi connectivity index (χ2v) is 29.1. The largest absolute Gasteiger partial charge is 0.450 e. The summed E-state index contributed by atoms with van der Waals surface area (Å²) in [5.41, 5.74) is 1.63. The molecule has 6 N–H and O–H groups in total. The number of rotatable bonds is 19. The number of amides is 10. The molecule has 94 heavy (non-hydrogen) atoms. The van der Waals surface area contributed by atoms with Crippen molar-refractivity contribution in [3.63, 3.8) is 0 Å². The van der Waals surface area contributed by atoms with E-state index in [4.69, 9.17) is 4.74 Å². The summed E-state index contributed by atoms with van der Waals surface area (Å²) in [6.07, 6.45) is -2.83. The topological polar surface area (TPSA) is 318 Å². The molecule has 0 spiro atoms. The molecule has 0 aromatic carbocycles. The van der Waals surface area contributed by atoms with Crippen LogP contribution >= 0.6 is 0 Å². The van der Waals surface area contributed by atoms with E-state index < -0.39 is 162 Å². The van der Waals surface area contributed by atoms with Crippen LogP contribution in [0.15, 0.2) is 18.2 Å². The van der Waals surface area contributed by atoms with Crippen LogP contribution in [0.3, 0.4) is 0 Å². The van der Waals surface area contributed by atoms with E-state index in [2.05, 4.69) is 26.3 Å². The van der Waals surface area contributed by atoms with Gasteiger partial charge in [0.1, 0.15) is 54.4 Å². The monoisotopic (exact) mass is 1330 g/mol. The van der Waals surface area contributed by atoms with Gasteiger partial charge in [-0.1, -0.05) is 110 Å². The first-order valence-corrected chi connectivity index (χ1v) is 33.7. The molecule has 534 valence electrons. The molecule has 2 heterocycles. The molecule has 10 amide bonds. The number of aryl methyl sites for hydroxylation is 2. The number of nitrogens with one attached hydrogen (secondary N) is 4. The lowest BCUT2D eigenvalue weighted by molar-refractivity contribution is -0.166. The fraction of sp³-hybridized carbons (Fsp3) is 0.768. The van der Waals surface area contributed by atoms with Crippen molar-refractivity contribution in [2.45, 2.75) is 249 Å². The van der Waals surface area contributed by atoms with Gasteiger partial charge in [-0.3, -0.25) is 52.9 Å². The minimum Gasteiger partial charge on any atom is -0.450 e. The highest BCUT2D eigenvalue weighted by atomic mass is 16.6. The number of hydrogen-bond acceptors (Lipinski definition) is 15. The zero-order chi connectivity index (χ0) is 72.2. The van der Waals surface area contributed by atoms with E-state index in [0.29, 0.717) is 19.3 Å². The molecule has 1 aliphatic rings. The molecule has 25 heteroatoms. The molecule has 0 aliphatic carbocycles. The first kappa shape index (κ1) is 83.3. The molecular formula is C69H119N11O14. The summed E-state index contributed by atoms with van der Waals surface area (Å²) in [6.45, 7) is 30.6. The van der Waals surface area contributed by atoms with Gasteiger partial charge in [-0.15, -0.1) is 0 Å². The molecular weight excluding hydrogens is 1210 g/mol. The molecule has 1 aromatic heterocycles. The Labute approximate surface area is 560 Å². The summed E-state index contributed by atoms with van der Waals surface area (Å²) < 4.78 is 5.91. The average molecular weight is 1330 g/mol. The van der Waals surface area contributed by atoms with Gasteiger partial charge in [0.15, 0.2) is 6.10 Å². The zero-order valence-electron chi connectivity index (χ0n) is 61.1. The maximum Gasteiger partial charge on any atom is 0.329 e. The van der Waals surface area contributed by atoms with Crippen LogP contribution < -0.4 is 21.3 Å². The summed E-state index contributed by atoms with van der Waals surface area (Å²) in [5.74, 6) is -11.6. The summed E-state index contributed by atoms with van der Waals surface area (Å²) in [4.78, 5) is 173. The lowest BCUT2D eigenvalue weighted by Crippen LogP contribution is -2.64. The van der Waals surface area contributed by atoms with Gasteiger partial charge >= 0.3 is 5.97 Å². The van der Waals surface area contributed by atoms with Crippen molar-refractivity contribution in [3.05, 3.63) is 29.6 Å². The van der Waals surface area contributed by atoms with Crippen LogP contribution in [0.5, 0.6) is 0 Å². The SMILES string of the molecule is Cc1cccc(CCC[C@@H](C)[C@@H](O)[C@H]2C(=O)N[C@@H]([C@@H](C)O)C(=O)N(C)CC(=O)N(C)[C@@H](CC(C)C)C(=O)N[C@@H](CC(C)C)C(=O)N(C)[C@@H](CC(C)C)C(=O)N[C@@H](C)C(=O)O[C@H](C(C)C)C(=O)N(C)[C@@H](CC(C)C)C(=O)N[C@H](CC(C)C)C(=O)N(C)[C@@H](C(C)C)C(=O)N2C)n1. The van der Waals surface area contributed by atoms with Crippen molar-refractivity contribution >= 4 is 65.0 Å². The summed E-state index contributed by atoms with van der Waals surface area (Å²) in [6, 6.07) is -6.71. The van der Waals surface area contributed by atoms with E-state index in [9.17, 15) is 48.6 Å². The van der Waals surface area contributed by atoms with Gasteiger partial charge in [0.25, 0.3) is 5.91 Å². The van der Waals surface area contributed by atoms with E-state index in [1.807, 2.05) is 94.4 Å². The Kier molecular flexibility index (Phi) is 33.8. The molecule has 0 unspecified atom stereocenters. The van der Waals surface area contributed by atoms with Crippen molar-refractivity contribution in [2.24, 2.45) is 47.3 Å². The molecule has 0 saturated carbocycles. The van der Waals surface area contributed by atoms with Crippen LogP contribution in [0.1, 0.15) is 174 Å². The van der Waals surface area contributed by atoms with E-state index >= 15 is 14.4 Å². The summed E-state index contributed by atoms with van der Waals surface area (Å²) in [5, 5.41) is 34.8. The Morgan fingerprint density at radius 3 is 1.38 bits per heavy atom. The molecule has 1 aliphatic heterocycles. The van der Waals surface area contributed by atoms with E-state index in [1.54, 1.807) is 34.6 Å². The van der Waals surface area contributed by atoms with Gasteiger partial charge < -0.3 is 65.6 Å². The quantitative estimate of drug-likeness (QED) is 0.106. The number of aromatic nitrogens is 1. The number of cyclic esters (lactones) is 1. The fourth-order valence-corrected chi connectivity index (χ4v) is 11.8. The summed E-state index contributed by atoms with van der Waals surface area (Å²) in [7, 11) is 8.16. The van der Waals surface area contributed by atoms with Gasteiger partial charge in [-0.05, 0) is 132 Å². The highest BCUT2D eigenvalue weighted by Gasteiger charge is 2.46. The third-order valence-electron chi connectivity index (χ3n) is 17.4. The first-order chi connectivity index (χ1) is 43.5. The van der Waals surface area contributed by atoms with Crippen molar-refractivity contribution in [1.29, 1.82) is 0 Å². The molecule has 0 radical (unpaired) electrons. The van der Waals surface area contributed by atoms with Gasteiger partial charge in [0.2, 0.25) is 53.2 Å². The predicted molar refractivity (Wildman–Crippen MR) is 359 cm³/mol. The second kappa shape index (κ2) is 38.1. The molecule has 13 atom stereocenters. The predicted octanol–water partition coefficient (Wildman–Crippen LogP) is 4.11. The number of carbonyl (C=O) groups excluding carboxylic acids is 11. The number of carbonyl (C=O) groups is 11. The Morgan fingerprint density at radius 2 is 0.947 bits per heavy atom. The molecule has 1 fully saturated rings. The van der Waals surface area contributed by atoms with Crippen LogP contribution in [-0.2, 0) is 63.9 Å². The smallest absolute Gasteiger partial charge is 0.329 e. The minimum atomic E-state index is -1.77. The second-order valence-electron chi connectivity index (χ2n) is 29.1. The Balaban J connectivity index is 3.03. The maximum atomic E-state index is 15.3. The number of aliphatic hydroxyl groups is 2.